The summed E-state index contributed by atoms with van der Waals surface area (Å²) in [6, 6.07) is 4.54. The van der Waals surface area contributed by atoms with E-state index < -0.39 is 0 Å². The highest BCUT2D eigenvalue weighted by Gasteiger charge is 2.22. The number of hydrogen-bond donors (Lipinski definition) is 0. The monoisotopic (exact) mass is 388 g/mol. The Balaban J connectivity index is 2.29. The van der Waals surface area contributed by atoms with Crippen molar-refractivity contribution in [1.29, 1.82) is 0 Å². The fourth-order valence-electron chi connectivity index (χ4n) is 2.24. The smallest absolute Gasteiger partial charge is 0.0711 e. The summed E-state index contributed by atoms with van der Waals surface area (Å²) in [5, 5.41) is 0. The number of fused-ring (bicyclic) bond motifs is 3. The highest BCUT2D eigenvalue weighted by Crippen LogP contribution is 2.48. The summed E-state index contributed by atoms with van der Waals surface area (Å²) in [6.45, 7) is 2.14. The molecule has 4 heteroatoms. The molecule has 2 aromatic rings. The minimum Gasteiger partial charge on any atom is -0.127 e. The van der Waals surface area contributed by atoms with E-state index in [1.807, 2.05) is 22.7 Å². The predicted octanol–water partition coefficient (Wildman–Crippen LogP) is 6.35. The summed E-state index contributed by atoms with van der Waals surface area (Å²) in [5.74, 6) is 0. The number of allylic oxidation sites excluding steroid dienone is 2. The molecular formula is C13H10Br2S2. The maximum Gasteiger partial charge on any atom is 0.0711 e. The fourth-order valence-corrected chi connectivity index (χ4v) is 5.76. The second kappa shape index (κ2) is 4.65. The second-order valence-corrected chi connectivity index (χ2v) is 8.87. The van der Waals surface area contributed by atoms with E-state index in [1.54, 1.807) is 0 Å². The second-order valence-electron chi connectivity index (χ2n) is 4.01. The van der Waals surface area contributed by atoms with E-state index in [0.717, 1.165) is 12.8 Å². The Morgan fingerprint density at radius 2 is 1.76 bits per heavy atom. The zero-order valence-electron chi connectivity index (χ0n) is 9.22. The molecule has 0 radical (unpaired) electrons. The van der Waals surface area contributed by atoms with E-state index in [9.17, 15) is 0 Å². The first-order valence-corrected chi connectivity index (χ1v) is 8.64. The minimum atomic E-state index is 1.14. The van der Waals surface area contributed by atoms with E-state index in [1.165, 1.54) is 34.0 Å². The Hall–Kier alpha value is 0.1000. The molecule has 17 heavy (non-hydrogen) atoms. The van der Waals surface area contributed by atoms with Crippen LogP contribution in [0.2, 0.25) is 0 Å². The van der Waals surface area contributed by atoms with E-state index in [0.29, 0.717) is 0 Å². The molecule has 0 aromatic carbocycles. The summed E-state index contributed by atoms with van der Waals surface area (Å²) < 4.78 is 2.46. The number of thiophene rings is 2. The van der Waals surface area contributed by atoms with Gasteiger partial charge in [0.15, 0.2) is 0 Å². The van der Waals surface area contributed by atoms with Gasteiger partial charge in [-0.05, 0) is 80.5 Å². The lowest BCUT2D eigenvalue weighted by atomic mass is 10.0. The summed E-state index contributed by atoms with van der Waals surface area (Å²) >= 11 is 10.9. The SMILES string of the molecule is C/C=C1/CCc2cc(Br)sc2-c2sc(Br)cc21. The zero-order valence-corrected chi connectivity index (χ0v) is 14.0. The maximum atomic E-state index is 3.62. The van der Waals surface area contributed by atoms with Crippen LogP contribution >= 0.6 is 54.5 Å². The van der Waals surface area contributed by atoms with Gasteiger partial charge in [-0.25, -0.2) is 0 Å². The number of halogens is 2. The van der Waals surface area contributed by atoms with Gasteiger partial charge >= 0.3 is 0 Å². The molecule has 0 fully saturated rings. The number of aryl methyl sites for hydroxylation is 1. The number of rotatable bonds is 0. The molecule has 0 amide bonds. The van der Waals surface area contributed by atoms with Crippen LogP contribution in [0.5, 0.6) is 0 Å². The first kappa shape index (κ1) is 12.2. The van der Waals surface area contributed by atoms with E-state index in [2.05, 4.69) is 57.0 Å². The molecule has 0 nitrogen and oxygen atoms in total. The van der Waals surface area contributed by atoms with Crippen LogP contribution in [0.3, 0.4) is 0 Å². The van der Waals surface area contributed by atoms with Gasteiger partial charge in [0.2, 0.25) is 0 Å². The highest BCUT2D eigenvalue weighted by molar-refractivity contribution is 9.11. The Morgan fingerprint density at radius 1 is 1.06 bits per heavy atom. The van der Waals surface area contributed by atoms with Crippen molar-refractivity contribution < 1.29 is 0 Å². The Labute approximate surface area is 126 Å². The van der Waals surface area contributed by atoms with Crippen LogP contribution in [0, 0.1) is 0 Å². The first-order valence-electron chi connectivity index (χ1n) is 5.42. The van der Waals surface area contributed by atoms with E-state index in [4.69, 9.17) is 0 Å². The molecule has 0 unspecified atom stereocenters. The predicted molar refractivity (Wildman–Crippen MR) is 85.0 cm³/mol. The van der Waals surface area contributed by atoms with Gasteiger partial charge in [-0.2, -0.15) is 0 Å². The zero-order chi connectivity index (χ0) is 12.0. The Kier molecular flexibility index (Phi) is 3.32. The normalized spacial score (nSPS) is 16.8. The van der Waals surface area contributed by atoms with Crippen molar-refractivity contribution in [3.05, 3.63) is 36.9 Å². The topological polar surface area (TPSA) is 0 Å². The van der Waals surface area contributed by atoms with Crippen molar-refractivity contribution in [3.63, 3.8) is 0 Å². The Morgan fingerprint density at radius 3 is 2.53 bits per heavy atom. The lowest BCUT2D eigenvalue weighted by Crippen LogP contribution is -1.83. The molecule has 3 rings (SSSR count). The molecule has 0 N–H and O–H groups in total. The lowest BCUT2D eigenvalue weighted by molar-refractivity contribution is 1.03. The largest absolute Gasteiger partial charge is 0.127 e. The molecule has 2 aromatic heterocycles. The van der Waals surface area contributed by atoms with Crippen molar-refractivity contribution in [2.45, 2.75) is 19.8 Å². The van der Waals surface area contributed by atoms with Gasteiger partial charge in [0, 0.05) is 4.88 Å². The summed E-state index contributed by atoms with van der Waals surface area (Å²) in [7, 11) is 0. The average Bonchev–Trinajstić information content (AvgIpc) is 2.80. The van der Waals surface area contributed by atoms with Crippen LogP contribution < -0.4 is 0 Å². The maximum absolute atomic E-state index is 3.62. The molecule has 88 valence electrons. The summed E-state index contributed by atoms with van der Waals surface area (Å²) in [5.41, 5.74) is 4.37. The van der Waals surface area contributed by atoms with Crippen LogP contribution in [0.25, 0.3) is 15.3 Å². The molecule has 0 saturated heterocycles. The van der Waals surface area contributed by atoms with Crippen molar-refractivity contribution in [3.8, 4) is 9.75 Å². The third-order valence-electron chi connectivity index (χ3n) is 3.05. The number of hydrogen-bond acceptors (Lipinski definition) is 2. The molecular weight excluding hydrogens is 380 g/mol. The summed E-state index contributed by atoms with van der Waals surface area (Å²) in [6.07, 6.45) is 4.54. The van der Waals surface area contributed by atoms with Gasteiger partial charge < -0.3 is 0 Å². The molecule has 1 aliphatic carbocycles. The van der Waals surface area contributed by atoms with Crippen LogP contribution in [-0.2, 0) is 6.42 Å². The van der Waals surface area contributed by atoms with Crippen LogP contribution in [0.1, 0.15) is 24.5 Å². The summed E-state index contributed by atoms with van der Waals surface area (Å²) in [4.78, 5) is 2.87. The van der Waals surface area contributed by atoms with E-state index in [-0.39, 0.29) is 0 Å². The standard InChI is InChI=1S/C13H10Br2S2/c1-2-7-3-4-8-5-10(14)16-12(8)13-9(7)6-11(15)17-13/h2,5-6H,3-4H2,1H3/b7-2-. The van der Waals surface area contributed by atoms with E-state index >= 15 is 0 Å². The quantitative estimate of drug-likeness (QED) is 0.492. The molecule has 0 saturated carbocycles. The van der Waals surface area contributed by atoms with Gasteiger partial charge in [-0.15, -0.1) is 22.7 Å². The van der Waals surface area contributed by atoms with Gasteiger partial charge in [0.25, 0.3) is 0 Å². The first-order chi connectivity index (χ1) is 8.19. The third-order valence-corrected chi connectivity index (χ3v) is 6.53. The van der Waals surface area contributed by atoms with Gasteiger partial charge in [-0.1, -0.05) is 6.08 Å². The molecule has 0 atom stereocenters. The molecule has 2 heterocycles. The van der Waals surface area contributed by atoms with Crippen molar-refractivity contribution in [2.24, 2.45) is 0 Å². The highest BCUT2D eigenvalue weighted by atomic mass is 79.9. The molecule has 0 spiro atoms. The van der Waals surface area contributed by atoms with Crippen LogP contribution in [-0.4, -0.2) is 0 Å². The van der Waals surface area contributed by atoms with Gasteiger partial charge in [-0.3, -0.25) is 0 Å². The van der Waals surface area contributed by atoms with Crippen molar-refractivity contribution in [1.82, 2.24) is 0 Å². The van der Waals surface area contributed by atoms with Crippen LogP contribution in [0.15, 0.2) is 25.8 Å². The van der Waals surface area contributed by atoms with Crippen molar-refractivity contribution >= 4 is 60.1 Å². The minimum absolute atomic E-state index is 1.14. The van der Waals surface area contributed by atoms with Crippen LogP contribution in [0.4, 0.5) is 0 Å². The molecule has 1 aliphatic rings. The molecule has 0 aliphatic heterocycles. The lowest BCUT2D eigenvalue weighted by Gasteiger charge is -2.02. The fraction of sp³-hybridized carbons (Fsp3) is 0.231. The van der Waals surface area contributed by atoms with Crippen molar-refractivity contribution in [2.75, 3.05) is 0 Å². The average molecular weight is 390 g/mol. The molecule has 0 bridgehead atoms. The van der Waals surface area contributed by atoms with Gasteiger partial charge in [0.05, 0.1) is 12.4 Å². The third kappa shape index (κ3) is 2.09. The van der Waals surface area contributed by atoms with Gasteiger partial charge in [0.1, 0.15) is 0 Å². The Bertz CT molecular complexity index is 605.